The van der Waals surface area contributed by atoms with E-state index in [1.54, 1.807) is 12.3 Å². The molecule has 2 rings (SSSR count). The van der Waals surface area contributed by atoms with Crippen molar-refractivity contribution >= 4 is 27.7 Å². The van der Waals surface area contributed by atoms with Gasteiger partial charge in [-0.25, -0.2) is 9.37 Å². The number of hydrogen-bond donors (Lipinski definition) is 1. The van der Waals surface area contributed by atoms with Crippen molar-refractivity contribution in [3.8, 4) is 0 Å². The summed E-state index contributed by atoms with van der Waals surface area (Å²) in [7, 11) is 0. The normalized spacial score (nSPS) is 12.4. The van der Waals surface area contributed by atoms with Crippen molar-refractivity contribution in [1.82, 2.24) is 4.98 Å². The van der Waals surface area contributed by atoms with E-state index < -0.39 is 0 Å². The summed E-state index contributed by atoms with van der Waals surface area (Å²) in [5, 5.41) is 0.741. The van der Waals surface area contributed by atoms with E-state index in [2.05, 4.69) is 20.9 Å². The zero-order valence-electron chi connectivity index (χ0n) is 9.73. The van der Waals surface area contributed by atoms with Crippen molar-refractivity contribution in [3.63, 3.8) is 0 Å². The molecular formula is C13H12BrFN2S. The molecule has 0 spiro atoms. The number of nitrogens with zero attached hydrogens (tertiary/aromatic N) is 1. The van der Waals surface area contributed by atoms with Gasteiger partial charge < -0.3 is 5.73 Å². The fourth-order valence-electron chi connectivity index (χ4n) is 1.52. The third kappa shape index (κ3) is 3.10. The SMILES string of the molecule is C[C@@H](N)c1cccc(F)c1Sc1ccc(Br)cn1. The van der Waals surface area contributed by atoms with Gasteiger partial charge in [-0.15, -0.1) is 0 Å². The van der Waals surface area contributed by atoms with E-state index in [1.807, 2.05) is 25.1 Å². The summed E-state index contributed by atoms with van der Waals surface area (Å²) in [5.41, 5.74) is 6.65. The highest BCUT2D eigenvalue weighted by Crippen LogP contribution is 2.34. The molecule has 1 heterocycles. The van der Waals surface area contributed by atoms with Crippen LogP contribution in [0.2, 0.25) is 0 Å². The first-order valence-electron chi connectivity index (χ1n) is 5.41. The molecule has 0 aliphatic carbocycles. The average molecular weight is 327 g/mol. The number of halogens is 2. The predicted octanol–water partition coefficient (Wildman–Crippen LogP) is 4.15. The summed E-state index contributed by atoms with van der Waals surface area (Å²) in [5.74, 6) is -0.264. The van der Waals surface area contributed by atoms with Gasteiger partial charge in [0.2, 0.25) is 0 Å². The van der Waals surface area contributed by atoms with Crippen LogP contribution in [0.1, 0.15) is 18.5 Å². The van der Waals surface area contributed by atoms with Crippen LogP contribution in [0.15, 0.2) is 50.9 Å². The second-order valence-corrected chi connectivity index (χ2v) is 5.81. The quantitative estimate of drug-likeness (QED) is 0.920. The Morgan fingerprint density at radius 1 is 1.33 bits per heavy atom. The van der Waals surface area contributed by atoms with Crippen LogP contribution >= 0.6 is 27.7 Å². The smallest absolute Gasteiger partial charge is 0.137 e. The summed E-state index contributed by atoms with van der Waals surface area (Å²) in [6, 6.07) is 8.46. The molecular weight excluding hydrogens is 315 g/mol. The molecule has 2 N–H and O–H groups in total. The van der Waals surface area contributed by atoms with Crippen LogP contribution in [0.3, 0.4) is 0 Å². The van der Waals surface area contributed by atoms with Crippen LogP contribution < -0.4 is 5.73 Å². The Bertz CT molecular complexity index is 543. The Kier molecular flexibility index (Phi) is 4.37. The van der Waals surface area contributed by atoms with Gasteiger partial charge in [0.15, 0.2) is 0 Å². The number of rotatable bonds is 3. The van der Waals surface area contributed by atoms with Crippen molar-refractivity contribution in [3.05, 3.63) is 52.4 Å². The lowest BCUT2D eigenvalue weighted by molar-refractivity contribution is 0.591. The Morgan fingerprint density at radius 2 is 2.11 bits per heavy atom. The summed E-state index contributed by atoms with van der Waals surface area (Å²) in [4.78, 5) is 4.77. The first-order chi connectivity index (χ1) is 8.58. The minimum Gasteiger partial charge on any atom is -0.324 e. The molecule has 1 atom stereocenters. The highest BCUT2D eigenvalue weighted by atomic mass is 79.9. The monoisotopic (exact) mass is 326 g/mol. The van der Waals surface area contributed by atoms with Crippen LogP contribution in [0.4, 0.5) is 4.39 Å². The minimum absolute atomic E-state index is 0.210. The zero-order valence-corrected chi connectivity index (χ0v) is 12.1. The minimum atomic E-state index is -0.264. The molecule has 94 valence electrons. The van der Waals surface area contributed by atoms with Crippen LogP contribution in [0.5, 0.6) is 0 Å². The summed E-state index contributed by atoms with van der Waals surface area (Å²) < 4.78 is 14.8. The van der Waals surface area contributed by atoms with Gasteiger partial charge in [0, 0.05) is 16.7 Å². The van der Waals surface area contributed by atoms with Crippen LogP contribution in [-0.4, -0.2) is 4.98 Å². The largest absolute Gasteiger partial charge is 0.324 e. The fraction of sp³-hybridized carbons (Fsp3) is 0.154. The van der Waals surface area contributed by atoms with Gasteiger partial charge >= 0.3 is 0 Å². The molecule has 0 saturated heterocycles. The van der Waals surface area contributed by atoms with Crippen molar-refractivity contribution < 1.29 is 4.39 Å². The van der Waals surface area contributed by atoms with Crippen molar-refractivity contribution in [2.75, 3.05) is 0 Å². The molecule has 0 radical (unpaired) electrons. The van der Waals surface area contributed by atoms with Crippen molar-refractivity contribution in [2.24, 2.45) is 5.73 Å². The van der Waals surface area contributed by atoms with Crippen LogP contribution in [0, 0.1) is 5.82 Å². The number of aromatic nitrogens is 1. The van der Waals surface area contributed by atoms with Gasteiger partial charge in [-0.05, 0) is 46.6 Å². The van der Waals surface area contributed by atoms with Crippen molar-refractivity contribution in [2.45, 2.75) is 22.9 Å². The maximum Gasteiger partial charge on any atom is 0.137 e. The molecule has 1 aromatic carbocycles. The molecule has 18 heavy (non-hydrogen) atoms. The second kappa shape index (κ2) is 5.82. The van der Waals surface area contributed by atoms with Gasteiger partial charge in [-0.1, -0.05) is 23.9 Å². The molecule has 0 bridgehead atoms. The maximum atomic E-state index is 13.9. The Morgan fingerprint density at radius 3 is 2.72 bits per heavy atom. The molecule has 0 fully saturated rings. The van der Waals surface area contributed by atoms with Gasteiger partial charge in [-0.3, -0.25) is 0 Å². The van der Waals surface area contributed by atoms with E-state index in [0.717, 1.165) is 15.1 Å². The van der Waals surface area contributed by atoms with Crippen molar-refractivity contribution in [1.29, 1.82) is 0 Å². The van der Waals surface area contributed by atoms with E-state index in [4.69, 9.17) is 5.73 Å². The first-order valence-corrected chi connectivity index (χ1v) is 7.02. The number of benzene rings is 1. The molecule has 0 saturated carbocycles. The van der Waals surface area contributed by atoms with Gasteiger partial charge in [0.1, 0.15) is 10.8 Å². The predicted molar refractivity (Wildman–Crippen MR) is 75.1 cm³/mol. The van der Waals surface area contributed by atoms with Gasteiger partial charge in [-0.2, -0.15) is 0 Å². The Hall–Kier alpha value is -0.910. The standard InChI is InChI=1S/C13H12BrFN2S/c1-8(16)10-3-2-4-11(15)13(10)18-12-6-5-9(14)7-17-12/h2-8H,16H2,1H3/t8-/m1/s1. The third-order valence-electron chi connectivity index (χ3n) is 2.39. The average Bonchev–Trinajstić information content (AvgIpc) is 2.34. The zero-order chi connectivity index (χ0) is 13.1. The summed E-state index contributed by atoms with van der Waals surface area (Å²) in [6.07, 6.45) is 1.69. The number of hydrogen-bond acceptors (Lipinski definition) is 3. The molecule has 1 aromatic heterocycles. The molecule has 0 amide bonds. The van der Waals surface area contributed by atoms with E-state index >= 15 is 0 Å². The Balaban J connectivity index is 2.36. The first kappa shape index (κ1) is 13.5. The third-order valence-corrected chi connectivity index (χ3v) is 3.95. The Labute approximate surface area is 118 Å². The van der Waals surface area contributed by atoms with Crippen LogP contribution in [-0.2, 0) is 0 Å². The molecule has 5 heteroatoms. The highest BCUT2D eigenvalue weighted by Gasteiger charge is 2.13. The molecule has 0 aliphatic heterocycles. The number of nitrogens with two attached hydrogens (primary N) is 1. The van der Waals surface area contributed by atoms with Gasteiger partial charge in [0.05, 0.1) is 4.90 Å². The van der Waals surface area contributed by atoms with E-state index in [0.29, 0.717) is 4.90 Å². The summed E-state index contributed by atoms with van der Waals surface area (Å²) in [6.45, 7) is 1.84. The lowest BCUT2D eigenvalue weighted by Gasteiger charge is -2.12. The van der Waals surface area contributed by atoms with Crippen LogP contribution in [0.25, 0.3) is 0 Å². The number of pyridine rings is 1. The molecule has 2 aromatic rings. The van der Waals surface area contributed by atoms with E-state index in [1.165, 1.54) is 17.8 Å². The second-order valence-electron chi connectivity index (χ2n) is 3.86. The molecule has 0 unspecified atom stereocenters. The topological polar surface area (TPSA) is 38.9 Å². The lowest BCUT2D eigenvalue weighted by Crippen LogP contribution is -2.07. The van der Waals surface area contributed by atoms with E-state index in [-0.39, 0.29) is 11.9 Å². The van der Waals surface area contributed by atoms with Gasteiger partial charge in [0.25, 0.3) is 0 Å². The lowest BCUT2D eigenvalue weighted by atomic mass is 10.1. The molecule has 2 nitrogen and oxygen atoms in total. The fourth-order valence-corrected chi connectivity index (χ4v) is 2.74. The summed E-state index contributed by atoms with van der Waals surface area (Å²) >= 11 is 4.61. The maximum absolute atomic E-state index is 13.9. The highest BCUT2D eigenvalue weighted by molar-refractivity contribution is 9.10. The molecule has 0 aliphatic rings. The van der Waals surface area contributed by atoms with E-state index in [9.17, 15) is 4.39 Å².